The van der Waals surface area contributed by atoms with Gasteiger partial charge in [0.2, 0.25) is 0 Å². The maximum Gasteiger partial charge on any atom is 0.265 e. The topological polar surface area (TPSA) is 43.4 Å². The standard InChI is InChI=1S/C12H15ClF2O3S/c1-3-4-8(2)7-18-12-10(15)5-9(14)6-11(12)19(13,16)17/h5-6,8H,3-4,7H2,1-2H3. The molecule has 1 rings (SSSR count). The third kappa shape index (κ3) is 4.62. The third-order valence-corrected chi connectivity index (χ3v) is 3.86. The van der Waals surface area contributed by atoms with E-state index in [0.29, 0.717) is 12.1 Å². The first-order valence-electron chi connectivity index (χ1n) is 5.82. The van der Waals surface area contributed by atoms with E-state index in [-0.39, 0.29) is 12.5 Å². The molecule has 0 amide bonds. The summed E-state index contributed by atoms with van der Waals surface area (Å²) in [5.41, 5.74) is 0. The van der Waals surface area contributed by atoms with Crippen LogP contribution >= 0.6 is 10.7 Å². The minimum absolute atomic E-state index is 0.125. The van der Waals surface area contributed by atoms with Crippen LogP contribution in [0.25, 0.3) is 0 Å². The average molecular weight is 313 g/mol. The van der Waals surface area contributed by atoms with Crippen LogP contribution in [0.3, 0.4) is 0 Å². The van der Waals surface area contributed by atoms with E-state index >= 15 is 0 Å². The fraction of sp³-hybridized carbons (Fsp3) is 0.500. The molecule has 108 valence electrons. The van der Waals surface area contributed by atoms with Crippen molar-refractivity contribution in [1.29, 1.82) is 0 Å². The molecular formula is C12H15ClF2O3S. The Kier molecular flexibility index (Phi) is 5.55. The van der Waals surface area contributed by atoms with Gasteiger partial charge in [0.1, 0.15) is 10.7 Å². The fourth-order valence-corrected chi connectivity index (χ4v) is 2.63. The molecule has 0 N–H and O–H groups in total. The molecule has 0 saturated carbocycles. The lowest BCUT2D eigenvalue weighted by atomic mass is 10.1. The van der Waals surface area contributed by atoms with Crippen molar-refractivity contribution < 1.29 is 21.9 Å². The van der Waals surface area contributed by atoms with E-state index in [1.54, 1.807) is 0 Å². The van der Waals surface area contributed by atoms with Crippen molar-refractivity contribution in [3.8, 4) is 5.75 Å². The number of benzene rings is 1. The van der Waals surface area contributed by atoms with Gasteiger partial charge >= 0.3 is 0 Å². The lowest BCUT2D eigenvalue weighted by Gasteiger charge is -2.14. The second-order valence-corrected chi connectivity index (χ2v) is 6.89. The number of hydrogen-bond acceptors (Lipinski definition) is 3. The van der Waals surface area contributed by atoms with E-state index in [9.17, 15) is 17.2 Å². The largest absolute Gasteiger partial charge is 0.489 e. The first-order valence-corrected chi connectivity index (χ1v) is 8.13. The van der Waals surface area contributed by atoms with Crippen LogP contribution in [-0.4, -0.2) is 15.0 Å². The minimum Gasteiger partial charge on any atom is -0.489 e. The number of rotatable bonds is 6. The van der Waals surface area contributed by atoms with Crippen molar-refractivity contribution >= 4 is 19.7 Å². The number of halogens is 3. The first-order chi connectivity index (χ1) is 8.75. The summed E-state index contributed by atoms with van der Waals surface area (Å²) in [6.45, 7) is 4.01. The average Bonchev–Trinajstić information content (AvgIpc) is 2.26. The molecule has 1 aromatic carbocycles. The van der Waals surface area contributed by atoms with E-state index in [0.717, 1.165) is 12.8 Å². The highest BCUT2D eigenvalue weighted by Gasteiger charge is 2.23. The number of ether oxygens (including phenoxy) is 1. The predicted octanol–water partition coefficient (Wildman–Crippen LogP) is 3.71. The maximum absolute atomic E-state index is 13.6. The first kappa shape index (κ1) is 16.2. The molecule has 0 spiro atoms. The van der Waals surface area contributed by atoms with Crippen LogP contribution in [0.5, 0.6) is 5.75 Å². The Morgan fingerprint density at radius 3 is 2.53 bits per heavy atom. The van der Waals surface area contributed by atoms with E-state index in [4.69, 9.17) is 15.4 Å². The van der Waals surface area contributed by atoms with E-state index in [1.807, 2.05) is 13.8 Å². The summed E-state index contributed by atoms with van der Waals surface area (Å²) >= 11 is 0. The lowest BCUT2D eigenvalue weighted by molar-refractivity contribution is 0.235. The van der Waals surface area contributed by atoms with Crippen LogP contribution in [0.15, 0.2) is 17.0 Å². The predicted molar refractivity (Wildman–Crippen MR) is 69.0 cm³/mol. The van der Waals surface area contributed by atoms with Crippen molar-refractivity contribution in [1.82, 2.24) is 0 Å². The molecular weight excluding hydrogens is 298 g/mol. The minimum atomic E-state index is -4.27. The fourth-order valence-electron chi connectivity index (χ4n) is 1.66. The normalized spacial score (nSPS) is 13.3. The number of hydrogen-bond donors (Lipinski definition) is 0. The van der Waals surface area contributed by atoms with Crippen LogP contribution in [0.2, 0.25) is 0 Å². The zero-order valence-electron chi connectivity index (χ0n) is 10.6. The van der Waals surface area contributed by atoms with Gasteiger partial charge in [-0.3, -0.25) is 0 Å². The van der Waals surface area contributed by atoms with Crippen LogP contribution in [0.4, 0.5) is 8.78 Å². The van der Waals surface area contributed by atoms with Gasteiger partial charge in [0.05, 0.1) is 6.61 Å². The smallest absolute Gasteiger partial charge is 0.265 e. The highest BCUT2D eigenvalue weighted by atomic mass is 35.7. The van der Waals surface area contributed by atoms with Crippen LogP contribution in [0, 0.1) is 17.6 Å². The molecule has 0 aromatic heterocycles. The van der Waals surface area contributed by atoms with Gasteiger partial charge in [0.15, 0.2) is 11.6 Å². The molecule has 0 saturated heterocycles. The Bertz CT molecular complexity index is 546. The molecule has 0 aliphatic carbocycles. The van der Waals surface area contributed by atoms with Gasteiger partial charge in [-0.25, -0.2) is 17.2 Å². The second kappa shape index (κ2) is 6.52. The zero-order valence-corrected chi connectivity index (χ0v) is 12.2. The SMILES string of the molecule is CCCC(C)COc1c(F)cc(F)cc1S(=O)(=O)Cl. The molecule has 0 bridgehead atoms. The van der Waals surface area contributed by atoms with Crippen molar-refractivity contribution in [2.75, 3.05) is 6.61 Å². The molecule has 1 atom stereocenters. The quantitative estimate of drug-likeness (QED) is 0.752. The van der Waals surface area contributed by atoms with Crippen LogP contribution in [-0.2, 0) is 9.05 Å². The van der Waals surface area contributed by atoms with Gasteiger partial charge in [0.25, 0.3) is 9.05 Å². The Morgan fingerprint density at radius 1 is 1.37 bits per heavy atom. The summed E-state index contributed by atoms with van der Waals surface area (Å²) in [6, 6.07) is 1.20. The molecule has 0 heterocycles. The molecule has 19 heavy (non-hydrogen) atoms. The van der Waals surface area contributed by atoms with Gasteiger partial charge in [-0.1, -0.05) is 20.3 Å². The molecule has 0 aliphatic rings. The van der Waals surface area contributed by atoms with E-state index in [1.165, 1.54) is 0 Å². The molecule has 0 radical (unpaired) electrons. The monoisotopic (exact) mass is 312 g/mol. The van der Waals surface area contributed by atoms with Crippen LogP contribution in [0.1, 0.15) is 26.7 Å². The summed E-state index contributed by atoms with van der Waals surface area (Å²) in [4.78, 5) is -0.685. The molecule has 0 aliphatic heterocycles. The molecule has 1 unspecified atom stereocenters. The summed E-state index contributed by atoms with van der Waals surface area (Å²) in [5.74, 6) is -2.51. The van der Waals surface area contributed by atoms with Gasteiger partial charge in [-0.05, 0) is 18.4 Å². The van der Waals surface area contributed by atoms with Gasteiger partial charge < -0.3 is 4.74 Å². The van der Waals surface area contributed by atoms with Crippen molar-refractivity contribution in [3.63, 3.8) is 0 Å². The second-order valence-electron chi connectivity index (χ2n) is 4.36. The Balaban J connectivity index is 3.06. The zero-order chi connectivity index (χ0) is 14.6. The van der Waals surface area contributed by atoms with Crippen molar-refractivity contribution in [2.24, 2.45) is 5.92 Å². The van der Waals surface area contributed by atoms with Crippen molar-refractivity contribution in [3.05, 3.63) is 23.8 Å². The summed E-state index contributed by atoms with van der Waals surface area (Å²) in [7, 11) is 0.872. The van der Waals surface area contributed by atoms with Gasteiger partial charge in [-0.15, -0.1) is 0 Å². The molecule has 1 aromatic rings. The summed E-state index contributed by atoms with van der Waals surface area (Å²) in [6.07, 6.45) is 1.78. The Hall–Kier alpha value is -0.880. The van der Waals surface area contributed by atoms with Crippen molar-refractivity contribution in [2.45, 2.75) is 31.6 Å². The van der Waals surface area contributed by atoms with Crippen LogP contribution < -0.4 is 4.74 Å². The highest BCUT2D eigenvalue weighted by molar-refractivity contribution is 8.13. The molecule has 7 heteroatoms. The van der Waals surface area contributed by atoms with Gasteiger partial charge in [-0.2, -0.15) is 0 Å². The molecule has 3 nitrogen and oxygen atoms in total. The van der Waals surface area contributed by atoms with Gasteiger partial charge in [0, 0.05) is 16.7 Å². The lowest BCUT2D eigenvalue weighted by Crippen LogP contribution is -2.11. The highest BCUT2D eigenvalue weighted by Crippen LogP contribution is 2.31. The Morgan fingerprint density at radius 2 is 2.00 bits per heavy atom. The molecule has 0 fully saturated rings. The van der Waals surface area contributed by atoms with E-state index < -0.39 is 31.3 Å². The third-order valence-electron chi connectivity index (χ3n) is 2.53. The summed E-state index contributed by atoms with van der Waals surface area (Å²) in [5, 5.41) is 0. The maximum atomic E-state index is 13.6. The van der Waals surface area contributed by atoms with E-state index in [2.05, 4.69) is 0 Å². The summed E-state index contributed by atoms with van der Waals surface area (Å²) < 4.78 is 54.3. The Labute approximate surface area is 115 Å².